The summed E-state index contributed by atoms with van der Waals surface area (Å²) in [5.41, 5.74) is 3.75. The largest absolute Gasteiger partial charge is 0.291 e. The van der Waals surface area contributed by atoms with Gasteiger partial charge >= 0.3 is 0 Å². The number of nitrogens with zero attached hydrogens (tertiary/aromatic N) is 2. The molecule has 1 aliphatic heterocycles. The number of para-hydroxylation sites is 1. The summed E-state index contributed by atoms with van der Waals surface area (Å²) in [6, 6.07) is 12.6. The zero-order valence-corrected chi connectivity index (χ0v) is 10.1. The Morgan fingerprint density at radius 2 is 2.00 bits per heavy atom. The number of hydrogen-bond donors (Lipinski definition) is 1. The van der Waals surface area contributed by atoms with Gasteiger partial charge in [-0.25, -0.2) is 4.98 Å². The van der Waals surface area contributed by atoms with Crippen LogP contribution in [0.25, 0.3) is 0 Å². The third-order valence-corrected chi connectivity index (χ3v) is 3.25. The Balaban J connectivity index is 2.13. The molecule has 2 aromatic rings. The van der Waals surface area contributed by atoms with E-state index in [2.05, 4.69) is 59.4 Å². The molecule has 0 amide bonds. The summed E-state index contributed by atoms with van der Waals surface area (Å²) in [6.45, 7) is 4.34. The molecule has 1 aliphatic rings. The van der Waals surface area contributed by atoms with Crippen LogP contribution in [0.5, 0.6) is 0 Å². The van der Waals surface area contributed by atoms with Gasteiger partial charge in [0, 0.05) is 19.2 Å². The van der Waals surface area contributed by atoms with Gasteiger partial charge in [-0.05, 0) is 24.6 Å². The number of quaternary nitrogens is 1. The zero-order chi connectivity index (χ0) is 11.8. The lowest BCUT2D eigenvalue weighted by molar-refractivity contribution is -0.595. The minimum absolute atomic E-state index is 0.362. The summed E-state index contributed by atoms with van der Waals surface area (Å²) in [5, 5.41) is 2.26. The summed E-state index contributed by atoms with van der Waals surface area (Å²) in [5.74, 6) is 1.06. The Bertz CT molecular complexity index is 551. The van der Waals surface area contributed by atoms with Gasteiger partial charge in [0.05, 0.1) is 5.69 Å². The number of benzene rings is 1. The molecule has 3 heteroatoms. The van der Waals surface area contributed by atoms with Crippen LogP contribution in [-0.4, -0.2) is 11.1 Å². The first kappa shape index (κ1) is 10.3. The number of pyridine rings is 1. The van der Waals surface area contributed by atoms with Gasteiger partial charge in [0.25, 0.3) is 0 Å². The van der Waals surface area contributed by atoms with Gasteiger partial charge in [-0.3, -0.25) is 10.2 Å². The molecule has 0 radical (unpaired) electrons. The lowest BCUT2D eigenvalue weighted by Gasteiger charge is -2.21. The smallest absolute Gasteiger partial charge is 0.200 e. The molecule has 86 valence electrons. The molecule has 17 heavy (non-hydrogen) atoms. The predicted octanol–water partition coefficient (Wildman–Crippen LogP) is 2.08. The fourth-order valence-electron chi connectivity index (χ4n) is 2.44. The molecule has 2 N–H and O–H groups in total. The maximum absolute atomic E-state index is 4.50. The van der Waals surface area contributed by atoms with Crippen LogP contribution in [0.15, 0.2) is 42.6 Å². The van der Waals surface area contributed by atoms with Crippen molar-refractivity contribution in [1.29, 1.82) is 0 Å². The number of rotatable bonds is 1. The Kier molecular flexibility index (Phi) is 2.34. The van der Waals surface area contributed by atoms with Crippen molar-refractivity contribution in [1.82, 2.24) is 4.98 Å². The van der Waals surface area contributed by atoms with E-state index in [1.54, 1.807) is 0 Å². The quantitative estimate of drug-likeness (QED) is 0.807. The van der Waals surface area contributed by atoms with E-state index >= 15 is 0 Å². The maximum Gasteiger partial charge on any atom is 0.200 e. The average Bonchev–Trinajstić information content (AvgIpc) is 2.66. The number of aromatic nitrogens is 1. The Morgan fingerprint density at radius 3 is 2.82 bits per heavy atom. The monoisotopic (exact) mass is 226 g/mol. The highest BCUT2D eigenvalue weighted by molar-refractivity contribution is 5.72. The minimum atomic E-state index is 0.362. The summed E-state index contributed by atoms with van der Waals surface area (Å²) in [4.78, 5) is 6.80. The molecule has 0 fully saturated rings. The number of hydrogen-bond acceptors (Lipinski definition) is 2. The van der Waals surface area contributed by atoms with Crippen molar-refractivity contribution in [3.63, 3.8) is 0 Å². The van der Waals surface area contributed by atoms with E-state index in [0.29, 0.717) is 6.17 Å². The highest BCUT2D eigenvalue weighted by atomic mass is 15.4. The molecule has 0 bridgehead atoms. The predicted molar refractivity (Wildman–Crippen MR) is 68.6 cm³/mol. The fourth-order valence-corrected chi connectivity index (χ4v) is 2.44. The van der Waals surface area contributed by atoms with Crippen LogP contribution < -0.4 is 10.2 Å². The van der Waals surface area contributed by atoms with E-state index in [4.69, 9.17) is 0 Å². The molecule has 0 aliphatic carbocycles. The number of anilines is 2. The summed E-state index contributed by atoms with van der Waals surface area (Å²) in [7, 11) is 0. The van der Waals surface area contributed by atoms with Crippen molar-refractivity contribution in [2.45, 2.75) is 20.0 Å². The molecule has 1 aromatic heterocycles. The fraction of sp³-hybridized carbons (Fsp3) is 0.214. The lowest BCUT2D eigenvalue weighted by atomic mass is 10.2. The normalized spacial score (nSPS) is 18.2. The number of aryl methyl sites for hydroxylation is 1. The Hall–Kier alpha value is -1.87. The summed E-state index contributed by atoms with van der Waals surface area (Å²) >= 11 is 0. The Morgan fingerprint density at radius 1 is 1.18 bits per heavy atom. The highest BCUT2D eigenvalue weighted by Gasteiger charge is 2.32. The molecular weight excluding hydrogens is 210 g/mol. The van der Waals surface area contributed by atoms with Crippen molar-refractivity contribution >= 4 is 17.2 Å². The van der Waals surface area contributed by atoms with Crippen LogP contribution in [0.4, 0.5) is 17.2 Å². The van der Waals surface area contributed by atoms with Gasteiger partial charge in [0.15, 0.2) is 17.7 Å². The van der Waals surface area contributed by atoms with E-state index in [9.17, 15) is 0 Å². The van der Waals surface area contributed by atoms with Gasteiger partial charge in [0.1, 0.15) is 0 Å². The second kappa shape index (κ2) is 3.86. The third-order valence-electron chi connectivity index (χ3n) is 3.25. The topological polar surface area (TPSA) is 32.7 Å². The molecule has 3 rings (SSSR count). The number of nitrogens with two attached hydrogens (primary N) is 1. The second-order valence-electron chi connectivity index (χ2n) is 4.48. The minimum Gasteiger partial charge on any atom is -0.291 e. The first-order chi connectivity index (χ1) is 8.27. The van der Waals surface area contributed by atoms with Gasteiger partial charge in [-0.1, -0.05) is 18.2 Å². The first-order valence-electron chi connectivity index (χ1n) is 5.92. The van der Waals surface area contributed by atoms with Crippen LogP contribution in [0.1, 0.15) is 12.5 Å². The van der Waals surface area contributed by atoms with Crippen LogP contribution >= 0.6 is 0 Å². The van der Waals surface area contributed by atoms with E-state index in [0.717, 1.165) is 5.82 Å². The Labute approximate surface area is 101 Å². The first-order valence-corrected chi connectivity index (χ1v) is 5.92. The van der Waals surface area contributed by atoms with Gasteiger partial charge in [-0.15, -0.1) is 0 Å². The second-order valence-corrected chi connectivity index (χ2v) is 4.48. The van der Waals surface area contributed by atoms with E-state index in [-0.39, 0.29) is 0 Å². The molecule has 1 aromatic carbocycles. The third kappa shape index (κ3) is 1.59. The van der Waals surface area contributed by atoms with E-state index in [1.165, 1.54) is 16.9 Å². The molecule has 3 nitrogen and oxygen atoms in total. The molecule has 0 spiro atoms. The van der Waals surface area contributed by atoms with Crippen LogP contribution in [0.3, 0.4) is 0 Å². The van der Waals surface area contributed by atoms with Crippen LogP contribution in [-0.2, 0) is 0 Å². The summed E-state index contributed by atoms with van der Waals surface area (Å²) < 4.78 is 0. The standard InChI is InChI=1S/C14H15N3/c1-10-6-3-4-8-13(10)17-11(2)16-12-7-5-9-15-14(12)17/h3-9,11,16H,1-2H3/p+1. The van der Waals surface area contributed by atoms with Gasteiger partial charge in [-0.2, -0.15) is 0 Å². The average molecular weight is 226 g/mol. The summed E-state index contributed by atoms with van der Waals surface area (Å²) in [6.07, 6.45) is 2.22. The molecule has 1 unspecified atom stereocenters. The van der Waals surface area contributed by atoms with Gasteiger partial charge < -0.3 is 0 Å². The zero-order valence-electron chi connectivity index (χ0n) is 10.1. The van der Waals surface area contributed by atoms with Crippen molar-refractivity contribution in [3.05, 3.63) is 48.2 Å². The van der Waals surface area contributed by atoms with E-state index < -0.39 is 0 Å². The van der Waals surface area contributed by atoms with Crippen molar-refractivity contribution in [2.75, 3.05) is 4.90 Å². The molecule has 1 atom stereocenters. The van der Waals surface area contributed by atoms with Crippen molar-refractivity contribution < 1.29 is 5.32 Å². The maximum atomic E-state index is 4.50. The highest BCUT2D eigenvalue weighted by Crippen LogP contribution is 2.33. The van der Waals surface area contributed by atoms with Gasteiger partial charge in [0.2, 0.25) is 0 Å². The lowest BCUT2D eigenvalue weighted by Crippen LogP contribution is -2.83. The van der Waals surface area contributed by atoms with Crippen LogP contribution in [0.2, 0.25) is 0 Å². The van der Waals surface area contributed by atoms with Crippen molar-refractivity contribution in [2.24, 2.45) is 0 Å². The molecular formula is C14H16N3+. The van der Waals surface area contributed by atoms with Crippen LogP contribution in [0, 0.1) is 6.92 Å². The van der Waals surface area contributed by atoms with Crippen molar-refractivity contribution in [3.8, 4) is 0 Å². The SMILES string of the molecule is Cc1ccccc1N1c2ncccc2[NH2+]C1C. The number of fused-ring (bicyclic) bond motifs is 1. The molecule has 2 heterocycles. The molecule has 0 saturated carbocycles. The van der Waals surface area contributed by atoms with E-state index in [1.807, 2.05) is 12.3 Å². The molecule has 0 saturated heterocycles.